The van der Waals surface area contributed by atoms with E-state index in [-0.39, 0.29) is 0 Å². The number of H-pyrrole nitrogens is 1. The number of nitrogens with one attached hydrogen (secondary N) is 1. The molecule has 0 aliphatic carbocycles. The summed E-state index contributed by atoms with van der Waals surface area (Å²) in [4.78, 5) is 7.82. The quantitative estimate of drug-likeness (QED) is 0.521. The third kappa shape index (κ3) is 3.23. The van der Waals surface area contributed by atoms with Gasteiger partial charge >= 0.3 is 0 Å². The molecule has 0 aliphatic heterocycles. The van der Waals surface area contributed by atoms with E-state index in [0.29, 0.717) is 5.82 Å². The Bertz CT molecular complexity index is 1120. The van der Waals surface area contributed by atoms with Gasteiger partial charge in [-0.3, -0.25) is 0 Å². The van der Waals surface area contributed by atoms with Crippen LogP contribution in [0.1, 0.15) is 30.0 Å². The van der Waals surface area contributed by atoms with Crippen LogP contribution in [0.2, 0.25) is 0 Å². The second kappa shape index (κ2) is 6.87. The van der Waals surface area contributed by atoms with E-state index >= 15 is 0 Å². The number of hydrogen-bond donors (Lipinski definition) is 2. The molecule has 3 nitrogen and oxygen atoms in total. The highest BCUT2D eigenvalue weighted by molar-refractivity contribution is 5.83. The van der Waals surface area contributed by atoms with E-state index in [1.807, 2.05) is 66.7 Å². The van der Waals surface area contributed by atoms with Crippen molar-refractivity contribution < 1.29 is 5.11 Å². The lowest BCUT2D eigenvalue weighted by Crippen LogP contribution is -1.94. The number of hydrogen-bond acceptors (Lipinski definition) is 2. The van der Waals surface area contributed by atoms with Gasteiger partial charge in [-0.25, -0.2) is 4.98 Å². The molecule has 0 bridgehead atoms. The molecule has 126 valence electrons. The van der Waals surface area contributed by atoms with Crippen LogP contribution < -0.4 is 0 Å². The average Bonchev–Trinajstić information content (AvgIpc) is 3.09. The maximum absolute atomic E-state index is 10.0. The van der Waals surface area contributed by atoms with Gasteiger partial charge in [0.25, 0.3) is 0 Å². The first-order valence-electron chi connectivity index (χ1n) is 8.55. The number of aliphatic hydroxyl groups excluding tert-OH is 1. The molecule has 3 heteroatoms. The van der Waals surface area contributed by atoms with Crippen LogP contribution in [0.15, 0.2) is 72.8 Å². The summed E-state index contributed by atoms with van der Waals surface area (Å²) in [5.41, 5.74) is 5.74. The minimum Gasteiger partial charge on any atom is -0.389 e. The molecule has 3 aromatic carbocycles. The Labute approximate surface area is 152 Å². The summed E-state index contributed by atoms with van der Waals surface area (Å²) in [6, 6.07) is 23.8. The summed E-state index contributed by atoms with van der Waals surface area (Å²) in [6.07, 6.45) is -0.518. The maximum Gasteiger partial charge on any atom is 0.184 e. The number of rotatable bonds is 2. The predicted octanol–water partition coefficient (Wildman–Crippen LogP) is 4.68. The number of fused-ring (bicyclic) bond motifs is 1. The van der Waals surface area contributed by atoms with Crippen molar-refractivity contribution >= 4 is 11.0 Å². The number of nitrogens with zero attached hydrogens (tertiary/aromatic N) is 1. The lowest BCUT2D eigenvalue weighted by Gasteiger charge is -2.11. The molecule has 0 amide bonds. The molecule has 26 heavy (non-hydrogen) atoms. The number of benzene rings is 3. The number of aromatic nitrogens is 2. The van der Waals surface area contributed by atoms with Gasteiger partial charge in [-0.15, -0.1) is 0 Å². The van der Waals surface area contributed by atoms with Crippen molar-refractivity contribution in [3.05, 3.63) is 89.7 Å². The first-order chi connectivity index (χ1) is 12.7. The van der Waals surface area contributed by atoms with Crippen LogP contribution in [-0.4, -0.2) is 15.1 Å². The molecular weight excluding hydrogens is 320 g/mol. The Morgan fingerprint density at radius 1 is 0.923 bits per heavy atom. The number of aliphatic hydroxyl groups is 1. The third-order valence-electron chi connectivity index (χ3n) is 4.30. The first kappa shape index (κ1) is 16.1. The van der Waals surface area contributed by atoms with Crippen molar-refractivity contribution in [3.8, 4) is 23.0 Å². The van der Waals surface area contributed by atoms with E-state index in [9.17, 15) is 5.11 Å². The molecule has 2 N–H and O–H groups in total. The van der Waals surface area contributed by atoms with Crippen LogP contribution in [0.25, 0.3) is 22.2 Å². The monoisotopic (exact) mass is 338 g/mol. The van der Waals surface area contributed by atoms with E-state index < -0.39 is 6.10 Å². The summed E-state index contributed by atoms with van der Waals surface area (Å²) < 4.78 is 0. The van der Waals surface area contributed by atoms with Crippen LogP contribution in [0.5, 0.6) is 0 Å². The Kier molecular flexibility index (Phi) is 4.27. The highest BCUT2D eigenvalue weighted by Crippen LogP contribution is 2.29. The van der Waals surface area contributed by atoms with E-state index in [2.05, 4.69) is 27.9 Å². The molecule has 1 heterocycles. The van der Waals surface area contributed by atoms with Gasteiger partial charge in [0.2, 0.25) is 0 Å². The van der Waals surface area contributed by atoms with Gasteiger partial charge in [0.1, 0.15) is 0 Å². The highest BCUT2D eigenvalue weighted by atomic mass is 16.3. The second-order valence-electron chi connectivity index (χ2n) is 6.20. The fraction of sp³-hybridized carbons (Fsp3) is 0.0870. The summed E-state index contributed by atoms with van der Waals surface area (Å²) in [5.74, 6) is 6.84. The lowest BCUT2D eigenvalue weighted by atomic mass is 9.96. The molecule has 0 spiro atoms. The number of aromatic amines is 1. The summed E-state index contributed by atoms with van der Waals surface area (Å²) in [7, 11) is 0. The summed E-state index contributed by atoms with van der Waals surface area (Å²) in [5, 5.41) is 10.0. The van der Waals surface area contributed by atoms with Crippen molar-refractivity contribution in [2.45, 2.75) is 13.0 Å². The summed E-state index contributed by atoms with van der Waals surface area (Å²) in [6.45, 7) is 1.78. The lowest BCUT2D eigenvalue weighted by molar-refractivity contribution is 0.200. The molecule has 1 unspecified atom stereocenters. The van der Waals surface area contributed by atoms with Crippen LogP contribution in [0, 0.1) is 11.8 Å². The third-order valence-corrected chi connectivity index (χ3v) is 4.30. The largest absolute Gasteiger partial charge is 0.389 e. The van der Waals surface area contributed by atoms with E-state index in [1.54, 1.807) is 6.92 Å². The van der Waals surface area contributed by atoms with Gasteiger partial charge < -0.3 is 10.1 Å². The molecular formula is C23H18N2O. The Balaban J connectivity index is 1.72. The zero-order chi connectivity index (χ0) is 17.9. The van der Waals surface area contributed by atoms with Crippen LogP contribution in [0.3, 0.4) is 0 Å². The molecule has 4 aromatic rings. The molecule has 0 saturated carbocycles. The minimum absolute atomic E-state index is 0.518. The van der Waals surface area contributed by atoms with Crippen molar-refractivity contribution in [3.63, 3.8) is 0 Å². The second-order valence-corrected chi connectivity index (χ2v) is 6.20. The standard InChI is InChI=1S/C23H18N2O/c1-16(26)19-9-5-6-10-20(19)18-12-13-21-22(15-18)25-23(24-21)14-11-17-7-3-2-4-8-17/h2-10,12-13,15-16,26H,1H3,(H,24,25). The predicted molar refractivity (Wildman–Crippen MR) is 105 cm³/mol. The molecule has 4 rings (SSSR count). The van der Waals surface area contributed by atoms with Crippen molar-refractivity contribution in [2.24, 2.45) is 0 Å². The van der Waals surface area contributed by atoms with Gasteiger partial charge in [0.05, 0.1) is 17.1 Å². The SMILES string of the molecule is CC(O)c1ccccc1-c1ccc2nc(C#Cc3ccccc3)[nH]c2c1. The zero-order valence-corrected chi connectivity index (χ0v) is 14.4. The van der Waals surface area contributed by atoms with E-state index in [0.717, 1.165) is 33.3 Å². The fourth-order valence-corrected chi connectivity index (χ4v) is 3.01. The highest BCUT2D eigenvalue weighted by Gasteiger charge is 2.10. The maximum atomic E-state index is 10.0. The Hall–Kier alpha value is -3.35. The fourth-order valence-electron chi connectivity index (χ4n) is 3.01. The molecule has 0 radical (unpaired) electrons. The molecule has 1 atom stereocenters. The molecule has 0 fully saturated rings. The first-order valence-corrected chi connectivity index (χ1v) is 8.55. The van der Waals surface area contributed by atoms with Gasteiger partial charge in [-0.2, -0.15) is 0 Å². The van der Waals surface area contributed by atoms with Crippen molar-refractivity contribution in [1.29, 1.82) is 0 Å². The van der Waals surface area contributed by atoms with Crippen LogP contribution in [0.4, 0.5) is 0 Å². The van der Waals surface area contributed by atoms with E-state index in [1.165, 1.54) is 0 Å². The molecule has 0 aliphatic rings. The average molecular weight is 338 g/mol. The molecule has 0 saturated heterocycles. The van der Waals surface area contributed by atoms with Gasteiger partial charge in [-0.1, -0.05) is 54.5 Å². The van der Waals surface area contributed by atoms with E-state index in [4.69, 9.17) is 0 Å². The zero-order valence-electron chi connectivity index (χ0n) is 14.4. The van der Waals surface area contributed by atoms with Gasteiger partial charge in [-0.05, 0) is 53.8 Å². The van der Waals surface area contributed by atoms with Crippen LogP contribution in [-0.2, 0) is 0 Å². The topological polar surface area (TPSA) is 48.9 Å². The number of imidazole rings is 1. The van der Waals surface area contributed by atoms with Crippen molar-refractivity contribution in [2.75, 3.05) is 0 Å². The van der Waals surface area contributed by atoms with Crippen LogP contribution >= 0.6 is 0 Å². The van der Waals surface area contributed by atoms with Gasteiger partial charge in [0.15, 0.2) is 5.82 Å². The normalized spacial score (nSPS) is 11.8. The molecule has 1 aromatic heterocycles. The summed E-state index contributed by atoms with van der Waals surface area (Å²) >= 11 is 0. The Morgan fingerprint density at radius 3 is 2.50 bits per heavy atom. The smallest absolute Gasteiger partial charge is 0.184 e. The van der Waals surface area contributed by atoms with Crippen molar-refractivity contribution in [1.82, 2.24) is 9.97 Å². The minimum atomic E-state index is -0.518. The van der Waals surface area contributed by atoms with Gasteiger partial charge in [0, 0.05) is 5.56 Å². The Morgan fingerprint density at radius 2 is 1.69 bits per heavy atom.